The predicted octanol–water partition coefficient (Wildman–Crippen LogP) is 4.34. The highest BCUT2D eigenvalue weighted by Crippen LogP contribution is 2.18. The van der Waals surface area contributed by atoms with Gasteiger partial charge in [-0.05, 0) is 57.6 Å². The van der Waals surface area contributed by atoms with Gasteiger partial charge in [0.15, 0.2) is 0 Å². The molecule has 0 amide bonds. The Labute approximate surface area is 161 Å². The van der Waals surface area contributed by atoms with Crippen LogP contribution in [0.4, 0.5) is 0 Å². The third-order valence-electron chi connectivity index (χ3n) is 4.27. The Balaban J connectivity index is 2.60. The molecular formula is C23H32NOSi. The van der Waals surface area contributed by atoms with Crippen molar-refractivity contribution in [1.29, 1.82) is 0 Å². The molecule has 0 fully saturated rings. The summed E-state index contributed by atoms with van der Waals surface area (Å²) in [6.45, 7) is 19.0. The maximum atomic E-state index is 6.33. The summed E-state index contributed by atoms with van der Waals surface area (Å²) < 4.78 is 8.91. The van der Waals surface area contributed by atoms with Crippen LogP contribution in [-0.4, -0.2) is 32.2 Å². The number of rotatable bonds is 7. The van der Waals surface area contributed by atoms with Crippen LogP contribution in [0.15, 0.2) is 55.1 Å². The van der Waals surface area contributed by atoms with E-state index in [0.29, 0.717) is 0 Å². The van der Waals surface area contributed by atoms with Gasteiger partial charge in [-0.3, -0.25) is 0 Å². The van der Waals surface area contributed by atoms with Crippen LogP contribution in [0.1, 0.15) is 47.1 Å². The molecular weight excluding hydrogens is 334 g/mol. The summed E-state index contributed by atoms with van der Waals surface area (Å²) in [4.78, 5) is 0. The summed E-state index contributed by atoms with van der Waals surface area (Å²) in [6, 6.07) is 17.4. The van der Waals surface area contributed by atoms with Crippen molar-refractivity contribution in [3.8, 4) is 5.75 Å². The van der Waals surface area contributed by atoms with Crippen molar-refractivity contribution in [2.24, 2.45) is 0 Å². The van der Waals surface area contributed by atoms with Gasteiger partial charge < -0.3 is 9.30 Å². The number of hydrogen-bond acceptors (Lipinski definition) is 2. The first-order valence-corrected chi connectivity index (χ1v) is 10.9. The highest BCUT2D eigenvalue weighted by Gasteiger charge is 2.28. The fraction of sp³-hybridized carbons (Fsp3) is 0.391. The summed E-state index contributed by atoms with van der Waals surface area (Å²) in [5.74, 6) is 1.00. The zero-order valence-corrected chi connectivity index (χ0v) is 18.1. The molecule has 26 heavy (non-hydrogen) atoms. The number of benzene rings is 2. The number of allylic oxidation sites excluding steroid dienone is 1. The smallest absolute Gasteiger partial charge is 0.212 e. The van der Waals surface area contributed by atoms with E-state index in [1.807, 2.05) is 0 Å². The van der Waals surface area contributed by atoms with Crippen LogP contribution in [0.5, 0.6) is 5.75 Å². The predicted molar refractivity (Wildman–Crippen MR) is 116 cm³/mol. The molecule has 0 aliphatic heterocycles. The molecule has 2 nitrogen and oxygen atoms in total. The zero-order valence-electron chi connectivity index (χ0n) is 17.1. The van der Waals surface area contributed by atoms with Gasteiger partial charge in [0.05, 0.1) is 0 Å². The van der Waals surface area contributed by atoms with Crippen LogP contribution in [0, 0.1) is 0 Å². The quantitative estimate of drug-likeness (QED) is 0.676. The SMILES string of the molecule is C=C(C)c1cccc([Si](c2ccccc2OC(C)(C)C)N(CC)CC)c1. The number of para-hydroxylation sites is 1. The molecule has 139 valence electrons. The highest BCUT2D eigenvalue weighted by molar-refractivity contribution is 6.83. The first-order valence-electron chi connectivity index (χ1n) is 9.43. The lowest BCUT2D eigenvalue weighted by atomic mass is 10.1. The minimum Gasteiger partial charge on any atom is -0.488 e. The molecule has 1 radical (unpaired) electrons. The van der Waals surface area contributed by atoms with Crippen molar-refractivity contribution < 1.29 is 4.74 Å². The molecule has 2 rings (SSSR count). The monoisotopic (exact) mass is 366 g/mol. The van der Waals surface area contributed by atoms with E-state index >= 15 is 0 Å². The average molecular weight is 367 g/mol. The van der Waals surface area contributed by atoms with Crippen LogP contribution < -0.4 is 15.1 Å². The lowest BCUT2D eigenvalue weighted by molar-refractivity contribution is 0.132. The molecule has 2 aromatic rings. The molecule has 0 spiro atoms. The molecule has 0 saturated carbocycles. The van der Waals surface area contributed by atoms with E-state index in [4.69, 9.17) is 4.74 Å². The molecule has 0 heterocycles. The number of nitrogens with zero attached hydrogens (tertiary/aromatic N) is 1. The molecule has 0 N–H and O–H groups in total. The number of ether oxygens (including phenoxy) is 1. The second-order valence-electron chi connectivity index (χ2n) is 7.59. The molecule has 0 aromatic heterocycles. The molecule has 0 atom stereocenters. The van der Waals surface area contributed by atoms with E-state index in [1.165, 1.54) is 15.9 Å². The molecule has 0 saturated heterocycles. The Morgan fingerprint density at radius 1 is 1.04 bits per heavy atom. The third kappa shape index (κ3) is 5.09. The summed E-state index contributed by atoms with van der Waals surface area (Å²) >= 11 is 0. The summed E-state index contributed by atoms with van der Waals surface area (Å²) in [6.07, 6.45) is 0. The van der Waals surface area contributed by atoms with Gasteiger partial charge in [0, 0.05) is 5.19 Å². The van der Waals surface area contributed by atoms with Crippen molar-refractivity contribution >= 4 is 24.9 Å². The third-order valence-corrected chi connectivity index (χ3v) is 7.31. The van der Waals surface area contributed by atoms with E-state index in [1.54, 1.807) is 0 Å². The van der Waals surface area contributed by atoms with E-state index in [2.05, 4.69) is 101 Å². The Morgan fingerprint density at radius 3 is 2.27 bits per heavy atom. The van der Waals surface area contributed by atoms with Crippen LogP contribution in [0.3, 0.4) is 0 Å². The molecule has 3 heteroatoms. The van der Waals surface area contributed by atoms with Gasteiger partial charge in [0.2, 0.25) is 8.96 Å². The lowest BCUT2D eigenvalue weighted by Gasteiger charge is -2.31. The zero-order chi connectivity index (χ0) is 19.3. The van der Waals surface area contributed by atoms with Crippen molar-refractivity contribution in [3.63, 3.8) is 0 Å². The highest BCUT2D eigenvalue weighted by atomic mass is 28.3. The van der Waals surface area contributed by atoms with Gasteiger partial charge in [-0.2, -0.15) is 0 Å². The Bertz CT molecular complexity index is 744. The topological polar surface area (TPSA) is 12.5 Å². The summed E-state index contributed by atoms with van der Waals surface area (Å²) in [7, 11) is -1.13. The fourth-order valence-electron chi connectivity index (χ4n) is 3.06. The van der Waals surface area contributed by atoms with E-state index < -0.39 is 8.96 Å². The minimum absolute atomic E-state index is 0.216. The molecule has 0 aliphatic carbocycles. The van der Waals surface area contributed by atoms with Crippen LogP contribution >= 0.6 is 0 Å². The molecule has 2 aromatic carbocycles. The van der Waals surface area contributed by atoms with Gasteiger partial charge in [0.25, 0.3) is 0 Å². The Hall–Kier alpha value is -1.84. The molecule has 0 aliphatic rings. The minimum atomic E-state index is -1.13. The van der Waals surface area contributed by atoms with Crippen molar-refractivity contribution in [1.82, 2.24) is 4.57 Å². The standard InChI is InChI=1S/C23H32NOSi/c1-8-24(9-2)26(20-14-12-13-19(17-20)18(3)4)22-16-11-10-15-21(22)25-23(5,6)7/h10-17H,3,8-9H2,1-2,4-7H3. The van der Waals surface area contributed by atoms with E-state index in [0.717, 1.165) is 24.4 Å². The van der Waals surface area contributed by atoms with Crippen LogP contribution in [0.2, 0.25) is 0 Å². The average Bonchev–Trinajstić information content (AvgIpc) is 2.59. The van der Waals surface area contributed by atoms with Gasteiger partial charge in [-0.1, -0.05) is 68.5 Å². The largest absolute Gasteiger partial charge is 0.488 e. The maximum Gasteiger partial charge on any atom is 0.212 e. The molecule has 0 unspecified atom stereocenters. The Morgan fingerprint density at radius 2 is 1.69 bits per heavy atom. The van der Waals surface area contributed by atoms with E-state index in [-0.39, 0.29) is 5.60 Å². The van der Waals surface area contributed by atoms with Crippen molar-refractivity contribution in [2.45, 2.75) is 47.1 Å². The van der Waals surface area contributed by atoms with Gasteiger partial charge >= 0.3 is 0 Å². The normalized spacial score (nSPS) is 11.8. The first kappa shape index (κ1) is 20.5. The van der Waals surface area contributed by atoms with Gasteiger partial charge in [-0.15, -0.1) is 0 Å². The van der Waals surface area contributed by atoms with Crippen molar-refractivity contribution in [2.75, 3.05) is 13.1 Å². The summed E-state index contributed by atoms with van der Waals surface area (Å²) in [5.41, 5.74) is 2.10. The summed E-state index contributed by atoms with van der Waals surface area (Å²) in [5, 5.41) is 2.69. The van der Waals surface area contributed by atoms with Crippen LogP contribution in [0.25, 0.3) is 5.57 Å². The molecule has 0 bridgehead atoms. The van der Waals surface area contributed by atoms with Crippen molar-refractivity contribution in [3.05, 3.63) is 60.7 Å². The van der Waals surface area contributed by atoms with Gasteiger partial charge in [-0.25, -0.2) is 0 Å². The van der Waals surface area contributed by atoms with Gasteiger partial charge in [0.1, 0.15) is 11.4 Å². The second-order valence-corrected chi connectivity index (χ2v) is 10.0. The Kier molecular flexibility index (Phi) is 6.85. The lowest BCUT2D eigenvalue weighted by Crippen LogP contribution is -2.57. The maximum absolute atomic E-state index is 6.33. The van der Waals surface area contributed by atoms with E-state index in [9.17, 15) is 0 Å². The second kappa shape index (κ2) is 8.70. The first-order chi connectivity index (χ1) is 12.3. The number of hydrogen-bond donors (Lipinski definition) is 0. The fourth-order valence-corrected chi connectivity index (χ4v) is 5.88. The van der Waals surface area contributed by atoms with Crippen LogP contribution in [-0.2, 0) is 0 Å².